The van der Waals surface area contributed by atoms with E-state index in [4.69, 9.17) is 21.1 Å². The normalized spacial score (nSPS) is 11.4. The van der Waals surface area contributed by atoms with Crippen molar-refractivity contribution in [2.75, 3.05) is 13.7 Å². The Morgan fingerprint density at radius 3 is 2.70 bits per heavy atom. The maximum absolute atomic E-state index is 11.4. The summed E-state index contributed by atoms with van der Waals surface area (Å²) >= 11 is 6.06. The van der Waals surface area contributed by atoms with Crippen molar-refractivity contribution >= 4 is 23.8 Å². The second-order valence-corrected chi connectivity index (χ2v) is 5.58. The van der Waals surface area contributed by atoms with E-state index in [1.807, 2.05) is 32.9 Å². The van der Waals surface area contributed by atoms with Crippen LogP contribution in [0.5, 0.6) is 5.75 Å². The average Bonchev–Trinajstić information content (AvgIpc) is 2.34. The van der Waals surface area contributed by atoms with Crippen LogP contribution in [0.3, 0.4) is 0 Å². The first kappa shape index (κ1) is 16.4. The van der Waals surface area contributed by atoms with Crippen molar-refractivity contribution in [1.82, 2.24) is 5.32 Å². The van der Waals surface area contributed by atoms with Gasteiger partial charge in [0.25, 0.3) is 0 Å². The van der Waals surface area contributed by atoms with E-state index in [0.717, 1.165) is 11.3 Å². The van der Waals surface area contributed by atoms with Gasteiger partial charge >= 0.3 is 6.09 Å². The molecule has 20 heavy (non-hydrogen) atoms. The van der Waals surface area contributed by atoms with Crippen LogP contribution in [0, 0.1) is 0 Å². The van der Waals surface area contributed by atoms with Crippen LogP contribution >= 0.6 is 11.6 Å². The van der Waals surface area contributed by atoms with Gasteiger partial charge in [-0.15, -0.1) is 0 Å². The molecule has 1 rings (SSSR count). The summed E-state index contributed by atoms with van der Waals surface area (Å²) in [5.41, 5.74) is 0.334. The Bertz CT molecular complexity index is 492. The molecule has 0 bridgehead atoms. The predicted molar refractivity (Wildman–Crippen MR) is 81.3 cm³/mol. The fourth-order valence-corrected chi connectivity index (χ4v) is 1.60. The lowest BCUT2D eigenvalue weighted by Crippen LogP contribution is -2.32. The molecule has 5 heteroatoms. The van der Waals surface area contributed by atoms with E-state index in [9.17, 15) is 4.79 Å². The zero-order valence-corrected chi connectivity index (χ0v) is 13.0. The van der Waals surface area contributed by atoms with Crippen molar-refractivity contribution in [3.05, 3.63) is 34.9 Å². The highest BCUT2D eigenvalue weighted by molar-refractivity contribution is 6.32. The van der Waals surface area contributed by atoms with Crippen LogP contribution in [0.1, 0.15) is 26.3 Å². The summed E-state index contributed by atoms with van der Waals surface area (Å²) in [4.78, 5) is 11.4. The summed E-state index contributed by atoms with van der Waals surface area (Å²) in [6, 6.07) is 5.38. The third-order valence-electron chi connectivity index (χ3n) is 2.26. The number of halogens is 1. The zero-order valence-electron chi connectivity index (χ0n) is 12.2. The number of alkyl carbamates (subject to hydrolysis) is 1. The maximum Gasteiger partial charge on any atom is 0.407 e. The molecule has 0 aliphatic heterocycles. The highest BCUT2D eigenvalue weighted by Crippen LogP contribution is 2.22. The molecule has 1 N–H and O–H groups in total. The molecular weight excluding hydrogens is 278 g/mol. The summed E-state index contributed by atoms with van der Waals surface area (Å²) in [5.74, 6) is 0.731. The molecule has 0 unspecified atom stereocenters. The molecule has 0 radical (unpaired) electrons. The average molecular weight is 298 g/mol. The van der Waals surface area contributed by atoms with Crippen molar-refractivity contribution in [2.45, 2.75) is 26.4 Å². The van der Waals surface area contributed by atoms with Crippen LogP contribution in [-0.2, 0) is 4.74 Å². The molecule has 0 spiro atoms. The van der Waals surface area contributed by atoms with Gasteiger partial charge in [0, 0.05) is 11.6 Å². The Morgan fingerprint density at radius 2 is 2.10 bits per heavy atom. The Morgan fingerprint density at radius 1 is 1.40 bits per heavy atom. The van der Waals surface area contributed by atoms with Gasteiger partial charge in [-0.3, -0.25) is 0 Å². The van der Waals surface area contributed by atoms with Crippen molar-refractivity contribution in [3.8, 4) is 5.75 Å². The SMILES string of the molecule is COc1ccc(Cl)c(C=CCNC(=O)OC(C)(C)C)c1. The second-order valence-electron chi connectivity index (χ2n) is 5.17. The van der Waals surface area contributed by atoms with Gasteiger partial charge in [-0.2, -0.15) is 0 Å². The number of carbonyl (C=O) groups excluding carboxylic acids is 1. The van der Waals surface area contributed by atoms with Crippen molar-refractivity contribution in [2.24, 2.45) is 0 Å². The van der Waals surface area contributed by atoms with Crippen LogP contribution < -0.4 is 10.1 Å². The molecule has 0 aromatic heterocycles. The van der Waals surface area contributed by atoms with Crippen LogP contribution in [0.15, 0.2) is 24.3 Å². The molecule has 1 aromatic carbocycles. The van der Waals surface area contributed by atoms with E-state index in [-0.39, 0.29) is 0 Å². The fourth-order valence-electron chi connectivity index (χ4n) is 1.42. The Balaban J connectivity index is 2.51. The van der Waals surface area contributed by atoms with Crippen molar-refractivity contribution < 1.29 is 14.3 Å². The number of hydrogen-bond acceptors (Lipinski definition) is 3. The molecule has 4 nitrogen and oxygen atoms in total. The van der Waals surface area contributed by atoms with Gasteiger partial charge in [-0.1, -0.05) is 23.8 Å². The first-order chi connectivity index (χ1) is 9.31. The Kier molecular flexibility index (Phi) is 5.89. The van der Waals surface area contributed by atoms with E-state index in [2.05, 4.69) is 5.32 Å². The minimum Gasteiger partial charge on any atom is -0.497 e. The molecular formula is C15H20ClNO3. The first-order valence-electron chi connectivity index (χ1n) is 6.29. The van der Waals surface area contributed by atoms with Gasteiger partial charge in [0.1, 0.15) is 11.4 Å². The molecule has 0 heterocycles. The number of carbonyl (C=O) groups is 1. The molecule has 0 saturated carbocycles. The van der Waals surface area contributed by atoms with Crippen molar-refractivity contribution in [1.29, 1.82) is 0 Å². The second kappa shape index (κ2) is 7.20. The van der Waals surface area contributed by atoms with Gasteiger partial charge < -0.3 is 14.8 Å². The minimum absolute atomic E-state index is 0.364. The standard InChI is InChI=1S/C15H20ClNO3/c1-15(2,3)20-14(18)17-9-5-6-11-10-12(19-4)7-8-13(11)16/h5-8,10H,9H2,1-4H3,(H,17,18). The van der Waals surface area contributed by atoms with Crippen LogP contribution in [0.25, 0.3) is 6.08 Å². The maximum atomic E-state index is 11.4. The van der Waals surface area contributed by atoms with E-state index in [1.165, 1.54) is 0 Å². The predicted octanol–water partition coefficient (Wildman–Crippen LogP) is 3.89. The number of ether oxygens (including phenoxy) is 2. The van der Waals surface area contributed by atoms with E-state index >= 15 is 0 Å². The van der Waals surface area contributed by atoms with Gasteiger partial charge in [0.2, 0.25) is 0 Å². The van der Waals surface area contributed by atoms with Gasteiger partial charge in [0.15, 0.2) is 0 Å². The quantitative estimate of drug-likeness (QED) is 0.917. The van der Waals surface area contributed by atoms with Crippen LogP contribution in [-0.4, -0.2) is 25.3 Å². The lowest BCUT2D eigenvalue weighted by molar-refractivity contribution is 0.0534. The molecule has 0 aliphatic rings. The number of benzene rings is 1. The summed E-state index contributed by atoms with van der Waals surface area (Å²) in [5, 5.41) is 3.26. The number of amides is 1. The fraction of sp³-hybridized carbons (Fsp3) is 0.400. The third-order valence-corrected chi connectivity index (χ3v) is 2.61. The lowest BCUT2D eigenvalue weighted by atomic mass is 10.2. The largest absolute Gasteiger partial charge is 0.497 e. The number of methoxy groups -OCH3 is 1. The third kappa shape index (κ3) is 5.97. The molecule has 110 valence electrons. The molecule has 0 saturated heterocycles. The van der Waals surface area contributed by atoms with Gasteiger partial charge in [-0.25, -0.2) is 4.79 Å². The topological polar surface area (TPSA) is 47.6 Å². The molecule has 1 aromatic rings. The number of rotatable bonds is 4. The Hall–Kier alpha value is -1.68. The highest BCUT2D eigenvalue weighted by atomic mass is 35.5. The summed E-state index contributed by atoms with van der Waals surface area (Å²) < 4.78 is 10.2. The molecule has 0 fully saturated rings. The van der Waals surface area contributed by atoms with Gasteiger partial charge in [-0.05, 0) is 44.5 Å². The summed E-state index contributed by atoms with van der Waals surface area (Å²) in [6.07, 6.45) is 3.17. The van der Waals surface area contributed by atoms with E-state index in [1.54, 1.807) is 25.3 Å². The zero-order chi connectivity index (χ0) is 15.2. The van der Waals surface area contributed by atoms with E-state index in [0.29, 0.717) is 11.6 Å². The lowest BCUT2D eigenvalue weighted by Gasteiger charge is -2.19. The number of nitrogens with one attached hydrogen (secondary N) is 1. The number of hydrogen-bond donors (Lipinski definition) is 1. The minimum atomic E-state index is -0.496. The smallest absolute Gasteiger partial charge is 0.407 e. The summed E-state index contributed by atoms with van der Waals surface area (Å²) in [7, 11) is 1.60. The first-order valence-corrected chi connectivity index (χ1v) is 6.66. The highest BCUT2D eigenvalue weighted by Gasteiger charge is 2.14. The van der Waals surface area contributed by atoms with Crippen LogP contribution in [0.4, 0.5) is 4.79 Å². The summed E-state index contributed by atoms with van der Waals surface area (Å²) in [6.45, 7) is 5.82. The van der Waals surface area contributed by atoms with Crippen LogP contribution in [0.2, 0.25) is 5.02 Å². The molecule has 0 aliphatic carbocycles. The molecule has 0 atom stereocenters. The van der Waals surface area contributed by atoms with Gasteiger partial charge in [0.05, 0.1) is 7.11 Å². The monoisotopic (exact) mass is 297 g/mol. The van der Waals surface area contributed by atoms with Crippen molar-refractivity contribution in [3.63, 3.8) is 0 Å². The Labute approximate surface area is 124 Å². The molecule has 1 amide bonds. The van der Waals surface area contributed by atoms with E-state index < -0.39 is 11.7 Å².